The fraction of sp³-hybridized carbons (Fsp3) is 0.167. The van der Waals surface area contributed by atoms with E-state index in [0.29, 0.717) is 9.64 Å². The molecule has 0 spiro atoms. The van der Waals surface area contributed by atoms with Crippen LogP contribution in [0.5, 0.6) is 0 Å². The van der Waals surface area contributed by atoms with Gasteiger partial charge in [-0.1, -0.05) is 17.4 Å². The first-order chi connectivity index (χ1) is 9.95. The molecule has 1 aromatic carbocycles. The number of nitrogens with two attached hydrogens (primary N) is 1. The fourth-order valence-electron chi connectivity index (χ4n) is 1.72. The highest BCUT2D eigenvalue weighted by atomic mass is 32.1. The Balaban J connectivity index is 2.55. The molecule has 0 amide bonds. The van der Waals surface area contributed by atoms with Gasteiger partial charge in [-0.2, -0.15) is 0 Å². The van der Waals surface area contributed by atoms with E-state index in [1.54, 1.807) is 13.0 Å². The maximum Gasteiger partial charge on any atom is 0.352 e. The third kappa shape index (κ3) is 2.93. The summed E-state index contributed by atoms with van der Waals surface area (Å²) in [5, 5.41) is 10.8. The van der Waals surface area contributed by atoms with Crippen molar-refractivity contribution in [2.24, 2.45) is 0 Å². The molecule has 2 N–H and O–H groups in total. The number of aromatic nitrogens is 1. The molecule has 0 aliphatic heterocycles. The number of rotatable bonds is 4. The molecular weight excluding hydrogens is 314 g/mol. The first kappa shape index (κ1) is 15.1. The Labute approximate surface area is 128 Å². The molecule has 0 radical (unpaired) electrons. The number of nitro benzene ring substituents is 1. The lowest BCUT2D eigenvalue weighted by Crippen LogP contribution is -2.08. The average Bonchev–Trinajstić information content (AvgIpc) is 2.74. The van der Waals surface area contributed by atoms with Gasteiger partial charge < -0.3 is 10.5 Å². The lowest BCUT2D eigenvalue weighted by Gasteiger charge is -2.06. The summed E-state index contributed by atoms with van der Waals surface area (Å²) in [4.78, 5) is 22.3. The van der Waals surface area contributed by atoms with Gasteiger partial charge in [0.2, 0.25) is 0 Å². The maximum absolute atomic E-state index is 11.8. The predicted octanol–water partition coefficient (Wildman–Crippen LogP) is 2.94. The molecule has 9 heteroatoms. The minimum atomic E-state index is -0.560. The average molecular weight is 325 g/mol. The zero-order valence-corrected chi connectivity index (χ0v) is 12.6. The Morgan fingerprint density at radius 2 is 2.29 bits per heavy atom. The molecule has 0 bridgehead atoms. The van der Waals surface area contributed by atoms with Crippen molar-refractivity contribution in [2.45, 2.75) is 6.92 Å². The van der Waals surface area contributed by atoms with E-state index in [4.69, 9.17) is 22.7 Å². The number of benzene rings is 1. The van der Waals surface area contributed by atoms with Crippen molar-refractivity contribution in [1.29, 1.82) is 0 Å². The number of anilines is 1. The molecule has 1 heterocycles. The second-order valence-electron chi connectivity index (χ2n) is 3.92. The molecule has 0 unspecified atom stereocenters. The highest BCUT2D eigenvalue weighted by molar-refractivity contribution is 7.73. The molecule has 0 saturated heterocycles. The van der Waals surface area contributed by atoms with Crippen LogP contribution in [0.25, 0.3) is 5.69 Å². The van der Waals surface area contributed by atoms with Gasteiger partial charge in [-0.05, 0) is 25.2 Å². The Morgan fingerprint density at radius 3 is 2.90 bits per heavy atom. The molecule has 110 valence electrons. The minimum absolute atomic E-state index is 0.0855. The first-order valence-corrected chi connectivity index (χ1v) is 7.11. The first-order valence-electron chi connectivity index (χ1n) is 5.89. The predicted molar refractivity (Wildman–Crippen MR) is 81.5 cm³/mol. The summed E-state index contributed by atoms with van der Waals surface area (Å²) < 4.78 is 6.63. The van der Waals surface area contributed by atoms with Gasteiger partial charge >= 0.3 is 5.97 Å². The molecule has 1 aromatic heterocycles. The monoisotopic (exact) mass is 325 g/mol. The Morgan fingerprint density at radius 1 is 1.57 bits per heavy atom. The Hall–Kier alpha value is -2.26. The highest BCUT2D eigenvalue weighted by Gasteiger charge is 2.19. The summed E-state index contributed by atoms with van der Waals surface area (Å²) in [5.74, 6) is -0.445. The van der Waals surface area contributed by atoms with Crippen molar-refractivity contribution in [1.82, 2.24) is 4.57 Å². The van der Waals surface area contributed by atoms with Crippen molar-refractivity contribution in [3.63, 3.8) is 0 Å². The lowest BCUT2D eigenvalue weighted by molar-refractivity contribution is -0.384. The number of thiazole rings is 1. The Kier molecular flexibility index (Phi) is 4.34. The van der Waals surface area contributed by atoms with Crippen LogP contribution in [0.1, 0.15) is 16.6 Å². The van der Waals surface area contributed by atoms with Crippen LogP contribution in [0.15, 0.2) is 24.3 Å². The molecule has 2 rings (SSSR count). The van der Waals surface area contributed by atoms with E-state index in [9.17, 15) is 14.9 Å². The largest absolute Gasteiger partial charge is 0.462 e. The van der Waals surface area contributed by atoms with Gasteiger partial charge in [0.05, 0.1) is 17.2 Å². The van der Waals surface area contributed by atoms with E-state index in [0.717, 1.165) is 11.3 Å². The van der Waals surface area contributed by atoms with Gasteiger partial charge in [-0.25, -0.2) is 4.79 Å². The van der Waals surface area contributed by atoms with Crippen LogP contribution in [-0.2, 0) is 4.74 Å². The van der Waals surface area contributed by atoms with Crippen LogP contribution < -0.4 is 5.73 Å². The summed E-state index contributed by atoms with van der Waals surface area (Å²) in [6.45, 7) is 1.91. The number of hydrogen-bond donors (Lipinski definition) is 1. The van der Waals surface area contributed by atoms with Gasteiger partial charge in [-0.3, -0.25) is 14.7 Å². The normalized spacial score (nSPS) is 10.3. The smallest absolute Gasteiger partial charge is 0.352 e. The van der Waals surface area contributed by atoms with Crippen molar-refractivity contribution < 1.29 is 14.5 Å². The third-order valence-corrected chi connectivity index (χ3v) is 3.97. The van der Waals surface area contributed by atoms with Gasteiger partial charge in [0.25, 0.3) is 5.69 Å². The fourth-order valence-corrected chi connectivity index (χ4v) is 2.98. The van der Waals surface area contributed by atoms with Gasteiger partial charge in [0.1, 0.15) is 5.82 Å². The summed E-state index contributed by atoms with van der Waals surface area (Å²) in [6.07, 6.45) is 0. The van der Waals surface area contributed by atoms with E-state index in [1.165, 1.54) is 22.8 Å². The molecule has 0 saturated carbocycles. The van der Waals surface area contributed by atoms with E-state index in [1.807, 2.05) is 0 Å². The molecule has 21 heavy (non-hydrogen) atoms. The zero-order chi connectivity index (χ0) is 15.6. The van der Waals surface area contributed by atoms with Crippen molar-refractivity contribution in [3.05, 3.63) is 43.2 Å². The molecule has 2 aromatic rings. The Bertz CT molecular complexity index is 766. The second kappa shape index (κ2) is 6.02. The molecule has 7 nitrogen and oxygen atoms in total. The van der Waals surface area contributed by atoms with E-state index in [2.05, 4.69) is 0 Å². The van der Waals surface area contributed by atoms with Gasteiger partial charge in [0.15, 0.2) is 8.83 Å². The molecule has 0 aliphatic rings. The lowest BCUT2D eigenvalue weighted by atomic mass is 10.3. The SMILES string of the molecule is CCOC(=O)c1sc(=S)n(-c2cccc([N+](=O)[O-])c2)c1N. The number of esters is 1. The topological polar surface area (TPSA) is 100 Å². The third-order valence-electron chi connectivity index (χ3n) is 2.61. The van der Waals surface area contributed by atoms with Crippen LogP contribution >= 0.6 is 23.6 Å². The number of nitrogen functional groups attached to an aromatic ring is 1. The summed E-state index contributed by atoms with van der Waals surface area (Å²) in [7, 11) is 0. The summed E-state index contributed by atoms with van der Waals surface area (Å²) in [5.41, 5.74) is 6.27. The number of carbonyl (C=O) groups is 1. The molecule has 0 aliphatic carbocycles. The van der Waals surface area contributed by atoms with E-state index < -0.39 is 10.9 Å². The van der Waals surface area contributed by atoms with Crippen LogP contribution in [0.3, 0.4) is 0 Å². The van der Waals surface area contributed by atoms with E-state index in [-0.39, 0.29) is 23.0 Å². The number of non-ortho nitro benzene ring substituents is 1. The second-order valence-corrected chi connectivity index (χ2v) is 5.56. The number of nitrogens with zero attached hydrogens (tertiary/aromatic N) is 2. The quantitative estimate of drug-likeness (QED) is 0.401. The number of hydrogen-bond acceptors (Lipinski definition) is 7. The molecule has 0 atom stereocenters. The van der Waals surface area contributed by atoms with Crippen LogP contribution in [0.4, 0.5) is 11.5 Å². The van der Waals surface area contributed by atoms with Crippen LogP contribution in [-0.4, -0.2) is 22.1 Å². The summed E-state index contributed by atoms with van der Waals surface area (Å²) in [6, 6.07) is 5.85. The molecule has 0 fully saturated rings. The van der Waals surface area contributed by atoms with Crippen LogP contribution in [0, 0.1) is 14.1 Å². The highest BCUT2D eigenvalue weighted by Crippen LogP contribution is 2.28. The van der Waals surface area contributed by atoms with Crippen molar-refractivity contribution >= 4 is 41.0 Å². The molecular formula is C12H11N3O4S2. The minimum Gasteiger partial charge on any atom is -0.462 e. The standard InChI is InChI=1S/C12H11N3O4S2/c1-2-19-11(16)9-10(13)14(12(20)21-9)7-4-3-5-8(6-7)15(17)18/h3-6H,2,13H2,1H3. The van der Waals surface area contributed by atoms with E-state index >= 15 is 0 Å². The van der Waals surface area contributed by atoms with Crippen molar-refractivity contribution in [3.8, 4) is 5.69 Å². The van der Waals surface area contributed by atoms with Gasteiger partial charge in [-0.15, -0.1) is 0 Å². The zero-order valence-electron chi connectivity index (χ0n) is 10.9. The number of ether oxygens (including phenoxy) is 1. The summed E-state index contributed by atoms with van der Waals surface area (Å²) >= 11 is 6.19. The number of nitro groups is 1. The number of carbonyl (C=O) groups excluding carboxylic acids is 1. The van der Waals surface area contributed by atoms with Crippen LogP contribution in [0.2, 0.25) is 0 Å². The maximum atomic E-state index is 11.8. The van der Waals surface area contributed by atoms with Gasteiger partial charge in [0, 0.05) is 12.1 Å². The van der Waals surface area contributed by atoms with Crippen molar-refractivity contribution in [2.75, 3.05) is 12.3 Å².